The number of piperazine rings is 1. The molecule has 0 radical (unpaired) electrons. The van der Waals surface area contributed by atoms with Crippen molar-refractivity contribution in [3.05, 3.63) is 35.4 Å². The van der Waals surface area contributed by atoms with Crippen LogP contribution in [-0.2, 0) is 13.1 Å². The van der Waals surface area contributed by atoms with E-state index < -0.39 is 0 Å². The van der Waals surface area contributed by atoms with Gasteiger partial charge < -0.3 is 20.4 Å². The first-order valence-corrected chi connectivity index (χ1v) is 11.9. The minimum Gasteiger partial charge on any atom is -0.338 e. The summed E-state index contributed by atoms with van der Waals surface area (Å²) in [6.45, 7) is 15.9. The van der Waals surface area contributed by atoms with Gasteiger partial charge in [-0.2, -0.15) is 0 Å². The highest BCUT2D eigenvalue weighted by atomic mass is 16.2. The first kappa shape index (κ1) is 23.0. The Morgan fingerprint density at radius 2 is 1.57 bits per heavy atom. The number of amides is 2. The molecular weight excluding hydrogens is 374 g/mol. The van der Waals surface area contributed by atoms with E-state index in [-0.39, 0.29) is 6.03 Å². The van der Waals surface area contributed by atoms with Crippen LogP contribution in [0.2, 0.25) is 0 Å². The van der Waals surface area contributed by atoms with E-state index in [1.165, 1.54) is 43.5 Å². The van der Waals surface area contributed by atoms with Crippen molar-refractivity contribution in [3.63, 3.8) is 0 Å². The molecule has 3 rings (SSSR count). The average molecular weight is 416 g/mol. The van der Waals surface area contributed by atoms with Gasteiger partial charge in [0, 0.05) is 52.4 Å². The molecule has 2 aliphatic heterocycles. The number of likely N-dealkylation sites (N-methyl/N-ethyl adjacent to an activating group) is 1. The summed E-state index contributed by atoms with van der Waals surface area (Å²) < 4.78 is 0. The molecule has 2 N–H and O–H groups in total. The zero-order valence-corrected chi connectivity index (χ0v) is 19.0. The van der Waals surface area contributed by atoms with Crippen molar-refractivity contribution in [2.24, 2.45) is 5.92 Å². The lowest BCUT2D eigenvalue weighted by Crippen LogP contribution is -2.45. The monoisotopic (exact) mass is 415 g/mol. The van der Waals surface area contributed by atoms with Crippen LogP contribution in [0.5, 0.6) is 0 Å². The number of carbonyl (C=O) groups is 1. The number of hydrogen-bond acceptors (Lipinski definition) is 4. The third-order valence-corrected chi connectivity index (χ3v) is 6.49. The van der Waals surface area contributed by atoms with Gasteiger partial charge in [0.1, 0.15) is 0 Å². The highest BCUT2D eigenvalue weighted by molar-refractivity contribution is 5.73. The molecule has 2 aliphatic rings. The maximum atomic E-state index is 12.3. The van der Waals surface area contributed by atoms with E-state index in [9.17, 15) is 4.79 Å². The number of piperidine rings is 1. The maximum absolute atomic E-state index is 12.3. The molecule has 0 saturated carbocycles. The summed E-state index contributed by atoms with van der Waals surface area (Å²) in [7, 11) is 0. The third-order valence-electron chi connectivity index (χ3n) is 6.49. The molecule has 2 saturated heterocycles. The van der Waals surface area contributed by atoms with Crippen molar-refractivity contribution in [2.75, 3.05) is 58.9 Å². The van der Waals surface area contributed by atoms with Gasteiger partial charge in [-0.15, -0.1) is 0 Å². The predicted molar refractivity (Wildman–Crippen MR) is 124 cm³/mol. The van der Waals surface area contributed by atoms with E-state index in [2.05, 4.69) is 63.4 Å². The maximum Gasteiger partial charge on any atom is 0.315 e. The van der Waals surface area contributed by atoms with Crippen LogP contribution in [0.15, 0.2) is 24.3 Å². The Kier molecular flexibility index (Phi) is 9.43. The number of nitrogens with zero attached hydrogens (tertiary/aromatic N) is 3. The normalized spacial score (nSPS) is 20.1. The van der Waals surface area contributed by atoms with Crippen LogP contribution in [0.25, 0.3) is 0 Å². The number of benzene rings is 1. The van der Waals surface area contributed by atoms with Crippen LogP contribution < -0.4 is 10.6 Å². The Morgan fingerprint density at radius 3 is 2.27 bits per heavy atom. The number of urea groups is 1. The molecule has 0 bridgehead atoms. The van der Waals surface area contributed by atoms with Gasteiger partial charge in [-0.1, -0.05) is 44.5 Å². The average Bonchev–Trinajstić information content (AvgIpc) is 2.78. The molecule has 6 nitrogen and oxygen atoms in total. The summed E-state index contributed by atoms with van der Waals surface area (Å²) in [5.74, 6) is 0.475. The number of carbonyl (C=O) groups excluding carboxylic acids is 1. The summed E-state index contributed by atoms with van der Waals surface area (Å²) in [5, 5.41) is 6.12. The van der Waals surface area contributed by atoms with Crippen molar-refractivity contribution >= 4 is 6.03 Å². The van der Waals surface area contributed by atoms with Crippen LogP contribution in [0, 0.1) is 5.92 Å². The fourth-order valence-electron chi connectivity index (χ4n) is 4.54. The van der Waals surface area contributed by atoms with Crippen molar-refractivity contribution in [1.29, 1.82) is 0 Å². The van der Waals surface area contributed by atoms with E-state index in [0.29, 0.717) is 12.5 Å². The summed E-state index contributed by atoms with van der Waals surface area (Å²) >= 11 is 0. The predicted octanol–water partition coefficient (Wildman–Crippen LogP) is 2.75. The Balaban J connectivity index is 1.39. The Hall–Kier alpha value is -1.63. The highest BCUT2D eigenvalue weighted by Crippen LogP contribution is 2.14. The van der Waals surface area contributed by atoms with Gasteiger partial charge >= 0.3 is 6.03 Å². The second-order valence-corrected chi connectivity index (χ2v) is 9.01. The standard InChI is InChI=1S/C24H41N5O/c1-3-27-13-15-29(16-14-27)20-23-10-6-5-9-22(23)18-26-24(30)25-17-21(2)19-28-11-7-4-8-12-28/h5-6,9-10,21H,3-4,7-8,11-20H2,1-2H3,(H2,25,26,30). The van der Waals surface area contributed by atoms with E-state index in [4.69, 9.17) is 0 Å². The first-order chi connectivity index (χ1) is 14.6. The van der Waals surface area contributed by atoms with Gasteiger partial charge in [-0.05, 0) is 49.5 Å². The Labute approximate surface area is 183 Å². The molecule has 30 heavy (non-hydrogen) atoms. The summed E-state index contributed by atoms with van der Waals surface area (Å²) in [6.07, 6.45) is 3.99. The fraction of sp³-hybridized carbons (Fsp3) is 0.708. The Bertz CT molecular complexity index is 638. The molecule has 2 fully saturated rings. The smallest absolute Gasteiger partial charge is 0.315 e. The molecule has 1 aromatic carbocycles. The van der Waals surface area contributed by atoms with Crippen LogP contribution in [-0.4, -0.2) is 79.6 Å². The minimum atomic E-state index is -0.0631. The number of likely N-dealkylation sites (tertiary alicyclic amines) is 1. The number of nitrogens with one attached hydrogen (secondary N) is 2. The summed E-state index contributed by atoms with van der Waals surface area (Å²) in [4.78, 5) is 19.9. The van der Waals surface area contributed by atoms with Crippen LogP contribution in [0.4, 0.5) is 4.79 Å². The van der Waals surface area contributed by atoms with Crippen LogP contribution in [0.1, 0.15) is 44.2 Å². The molecule has 6 heteroatoms. The fourth-order valence-corrected chi connectivity index (χ4v) is 4.54. The SMILES string of the molecule is CCN1CCN(Cc2ccccc2CNC(=O)NCC(C)CN2CCCCC2)CC1. The summed E-state index contributed by atoms with van der Waals surface area (Å²) in [6, 6.07) is 8.43. The lowest BCUT2D eigenvalue weighted by atomic mass is 10.1. The van der Waals surface area contributed by atoms with Crippen LogP contribution >= 0.6 is 0 Å². The highest BCUT2D eigenvalue weighted by Gasteiger charge is 2.17. The molecule has 0 aliphatic carbocycles. The molecule has 1 aromatic rings. The molecule has 0 aromatic heterocycles. The lowest BCUT2D eigenvalue weighted by molar-refractivity contribution is 0.131. The molecule has 1 unspecified atom stereocenters. The second-order valence-electron chi connectivity index (χ2n) is 9.01. The molecule has 0 spiro atoms. The van der Waals surface area contributed by atoms with Gasteiger partial charge in [0.05, 0.1) is 0 Å². The lowest BCUT2D eigenvalue weighted by Gasteiger charge is -2.34. The number of hydrogen-bond donors (Lipinski definition) is 2. The second kappa shape index (κ2) is 12.3. The quantitative estimate of drug-likeness (QED) is 0.651. The summed E-state index contributed by atoms with van der Waals surface area (Å²) in [5.41, 5.74) is 2.54. The molecule has 2 heterocycles. The van der Waals surface area contributed by atoms with E-state index in [0.717, 1.165) is 52.4 Å². The van der Waals surface area contributed by atoms with Gasteiger partial charge in [0.2, 0.25) is 0 Å². The molecular formula is C24H41N5O. The molecule has 2 amide bonds. The zero-order chi connectivity index (χ0) is 21.2. The largest absolute Gasteiger partial charge is 0.338 e. The van der Waals surface area contributed by atoms with E-state index in [1.54, 1.807) is 0 Å². The van der Waals surface area contributed by atoms with Gasteiger partial charge in [0.25, 0.3) is 0 Å². The van der Waals surface area contributed by atoms with E-state index >= 15 is 0 Å². The van der Waals surface area contributed by atoms with Crippen molar-refractivity contribution in [2.45, 2.75) is 46.2 Å². The van der Waals surface area contributed by atoms with Gasteiger partial charge in [-0.3, -0.25) is 4.90 Å². The first-order valence-electron chi connectivity index (χ1n) is 11.9. The van der Waals surface area contributed by atoms with E-state index in [1.807, 2.05) is 0 Å². The Morgan fingerprint density at radius 1 is 0.900 bits per heavy atom. The van der Waals surface area contributed by atoms with Crippen LogP contribution in [0.3, 0.4) is 0 Å². The van der Waals surface area contributed by atoms with Gasteiger partial charge in [0.15, 0.2) is 0 Å². The van der Waals surface area contributed by atoms with Crippen molar-refractivity contribution < 1.29 is 4.79 Å². The van der Waals surface area contributed by atoms with Crippen molar-refractivity contribution in [1.82, 2.24) is 25.3 Å². The van der Waals surface area contributed by atoms with Gasteiger partial charge in [-0.25, -0.2) is 4.79 Å². The van der Waals surface area contributed by atoms with Crippen molar-refractivity contribution in [3.8, 4) is 0 Å². The number of rotatable bonds is 9. The topological polar surface area (TPSA) is 50.9 Å². The third kappa shape index (κ3) is 7.56. The molecule has 1 atom stereocenters. The molecule has 168 valence electrons. The minimum absolute atomic E-state index is 0.0631. The zero-order valence-electron chi connectivity index (χ0n) is 19.0.